The molecule has 0 aromatic rings. The molecule has 1 aliphatic heterocycles. The van der Waals surface area contributed by atoms with Gasteiger partial charge in [-0.2, -0.15) is 12.7 Å². The van der Waals surface area contributed by atoms with Gasteiger partial charge in [0, 0.05) is 26.2 Å². The highest BCUT2D eigenvalue weighted by Gasteiger charge is 2.24. The average Bonchev–Trinajstić information content (AvgIpc) is 2.37. The SMILES string of the molecule is CC(C)CC(CCO)CNS(=O)(=O)N1CCCCC1. The summed E-state index contributed by atoms with van der Waals surface area (Å²) in [6.45, 7) is 6.03. The van der Waals surface area contributed by atoms with Gasteiger partial charge in [0.05, 0.1) is 0 Å². The molecule has 1 fully saturated rings. The largest absolute Gasteiger partial charge is 0.396 e. The summed E-state index contributed by atoms with van der Waals surface area (Å²) in [5.41, 5.74) is 0. The average molecular weight is 292 g/mol. The lowest BCUT2D eigenvalue weighted by atomic mass is 9.95. The van der Waals surface area contributed by atoms with Gasteiger partial charge in [-0.15, -0.1) is 0 Å². The first-order valence-electron chi connectivity index (χ1n) is 7.31. The highest BCUT2D eigenvalue weighted by Crippen LogP contribution is 2.16. The highest BCUT2D eigenvalue weighted by molar-refractivity contribution is 7.87. The Labute approximate surface area is 117 Å². The van der Waals surface area contributed by atoms with Crippen LogP contribution in [0.1, 0.15) is 46.0 Å². The summed E-state index contributed by atoms with van der Waals surface area (Å²) in [5, 5.41) is 9.04. The lowest BCUT2D eigenvalue weighted by molar-refractivity contribution is 0.242. The van der Waals surface area contributed by atoms with Gasteiger partial charge in [-0.05, 0) is 37.5 Å². The van der Waals surface area contributed by atoms with E-state index in [1.165, 1.54) is 0 Å². The van der Waals surface area contributed by atoms with Gasteiger partial charge in [0.15, 0.2) is 0 Å². The second-order valence-electron chi connectivity index (χ2n) is 5.82. The maximum atomic E-state index is 12.1. The Morgan fingerprint density at radius 2 is 1.84 bits per heavy atom. The Kier molecular flexibility index (Phi) is 7.28. The van der Waals surface area contributed by atoms with Gasteiger partial charge >= 0.3 is 0 Å². The molecule has 0 aromatic carbocycles. The number of hydrogen-bond acceptors (Lipinski definition) is 3. The Morgan fingerprint density at radius 1 is 1.21 bits per heavy atom. The monoisotopic (exact) mass is 292 g/mol. The summed E-state index contributed by atoms with van der Waals surface area (Å²) in [6.07, 6.45) is 4.61. The van der Waals surface area contributed by atoms with Crippen molar-refractivity contribution in [1.29, 1.82) is 0 Å². The molecule has 1 unspecified atom stereocenters. The fourth-order valence-corrected chi connectivity index (χ4v) is 3.94. The summed E-state index contributed by atoms with van der Waals surface area (Å²) < 4.78 is 28.5. The van der Waals surface area contributed by atoms with Crippen LogP contribution in [0.2, 0.25) is 0 Å². The van der Waals surface area contributed by atoms with Crippen LogP contribution in [0.15, 0.2) is 0 Å². The summed E-state index contributed by atoms with van der Waals surface area (Å²) in [6, 6.07) is 0. The van der Waals surface area contributed by atoms with Gasteiger partial charge in [-0.3, -0.25) is 0 Å². The number of nitrogens with one attached hydrogen (secondary N) is 1. The molecule has 0 aromatic heterocycles. The first-order chi connectivity index (χ1) is 8.95. The van der Waals surface area contributed by atoms with Gasteiger partial charge in [0.2, 0.25) is 0 Å². The molecular weight excluding hydrogens is 264 g/mol. The highest BCUT2D eigenvalue weighted by atomic mass is 32.2. The molecule has 1 saturated heterocycles. The molecule has 0 aliphatic carbocycles. The lowest BCUT2D eigenvalue weighted by Crippen LogP contribution is -2.45. The Hall–Kier alpha value is -0.170. The minimum Gasteiger partial charge on any atom is -0.396 e. The molecular formula is C13H28N2O3S. The summed E-state index contributed by atoms with van der Waals surface area (Å²) in [5.74, 6) is 0.723. The van der Waals surface area contributed by atoms with E-state index < -0.39 is 10.2 Å². The van der Waals surface area contributed by atoms with Crippen LogP contribution in [0, 0.1) is 11.8 Å². The summed E-state index contributed by atoms with van der Waals surface area (Å²) >= 11 is 0. The number of aliphatic hydroxyl groups excluding tert-OH is 1. The van der Waals surface area contributed by atoms with Crippen LogP contribution in [-0.4, -0.2) is 44.1 Å². The molecule has 0 radical (unpaired) electrons. The van der Waals surface area contributed by atoms with Crippen LogP contribution in [0.5, 0.6) is 0 Å². The van der Waals surface area contributed by atoms with Crippen molar-refractivity contribution < 1.29 is 13.5 Å². The van der Waals surface area contributed by atoms with Gasteiger partial charge in [-0.1, -0.05) is 20.3 Å². The molecule has 1 rings (SSSR count). The van der Waals surface area contributed by atoms with E-state index in [4.69, 9.17) is 5.11 Å². The van der Waals surface area contributed by atoms with Gasteiger partial charge in [0.25, 0.3) is 10.2 Å². The summed E-state index contributed by atoms with van der Waals surface area (Å²) in [7, 11) is -3.33. The van der Waals surface area contributed by atoms with Crippen molar-refractivity contribution in [2.24, 2.45) is 11.8 Å². The minimum absolute atomic E-state index is 0.114. The number of piperidine rings is 1. The third kappa shape index (κ3) is 6.21. The van der Waals surface area contributed by atoms with Crippen molar-refractivity contribution in [3.05, 3.63) is 0 Å². The molecule has 0 bridgehead atoms. The molecule has 2 N–H and O–H groups in total. The molecule has 1 heterocycles. The van der Waals surface area contributed by atoms with Crippen LogP contribution in [0.3, 0.4) is 0 Å². The third-order valence-corrected chi connectivity index (χ3v) is 5.13. The lowest BCUT2D eigenvalue weighted by Gasteiger charge is -2.27. The van der Waals surface area contributed by atoms with E-state index in [9.17, 15) is 8.42 Å². The van der Waals surface area contributed by atoms with Crippen LogP contribution in [0.4, 0.5) is 0 Å². The van der Waals surface area contributed by atoms with Gasteiger partial charge in [-0.25, -0.2) is 4.72 Å². The van der Waals surface area contributed by atoms with Crippen molar-refractivity contribution in [1.82, 2.24) is 9.03 Å². The first-order valence-corrected chi connectivity index (χ1v) is 8.75. The van der Waals surface area contributed by atoms with Crippen LogP contribution in [0.25, 0.3) is 0 Å². The van der Waals surface area contributed by atoms with Gasteiger partial charge in [0.1, 0.15) is 0 Å². The van der Waals surface area contributed by atoms with Gasteiger partial charge < -0.3 is 5.11 Å². The van der Waals surface area contributed by atoms with Crippen molar-refractivity contribution in [2.45, 2.75) is 46.0 Å². The fraction of sp³-hybridized carbons (Fsp3) is 1.00. The quantitative estimate of drug-likeness (QED) is 0.709. The van der Waals surface area contributed by atoms with Crippen molar-refractivity contribution >= 4 is 10.2 Å². The molecule has 19 heavy (non-hydrogen) atoms. The van der Waals surface area contributed by atoms with E-state index in [0.717, 1.165) is 25.7 Å². The van der Waals surface area contributed by atoms with E-state index in [1.807, 2.05) is 0 Å². The minimum atomic E-state index is -3.33. The molecule has 5 nitrogen and oxygen atoms in total. The van der Waals surface area contributed by atoms with E-state index in [-0.39, 0.29) is 12.5 Å². The molecule has 0 saturated carbocycles. The van der Waals surface area contributed by atoms with Crippen molar-refractivity contribution in [3.8, 4) is 0 Å². The maximum absolute atomic E-state index is 12.1. The van der Waals surface area contributed by atoms with Crippen molar-refractivity contribution in [2.75, 3.05) is 26.2 Å². The predicted molar refractivity (Wildman–Crippen MR) is 77.0 cm³/mol. The molecule has 114 valence electrons. The molecule has 1 atom stereocenters. The molecule has 1 aliphatic rings. The summed E-state index contributed by atoms with van der Waals surface area (Å²) in [4.78, 5) is 0. The zero-order chi connectivity index (χ0) is 14.3. The Balaban J connectivity index is 2.46. The Morgan fingerprint density at radius 3 is 2.37 bits per heavy atom. The molecule has 6 heteroatoms. The zero-order valence-electron chi connectivity index (χ0n) is 12.1. The predicted octanol–water partition coefficient (Wildman–Crippen LogP) is 1.35. The number of nitrogens with zero attached hydrogens (tertiary/aromatic N) is 1. The second kappa shape index (κ2) is 8.19. The third-order valence-electron chi connectivity index (χ3n) is 3.55. The van der Waals surface area contributed by atoms with Crippen LogP contribution in [-0.2, 0) is 10.2 Å². The maximum Gasteiger partial charge on any atom is 0.279 e. The van der Waals surface area contributed by atoms with Crippen LogP contribution >= 0.6 is 0 Å². The van der Waals surface area contributed by atoms with E-state index >= 15 is 0 Å². The van der Waals surface area contributed by atoms with E-state index in [0.29, 0.717) is 32.0 Å². The first kappa shape index (κ1) is 16.9. The fourth-order valence-electron chi connectivity index (χ4n) is 2.57. The van der Waals surface area contributed by atoms with E-state index in [2.05, 4.69) is 18.6 Å². The normalized spacial score (nSPS) is 19.8. The number of aliphatic hydroxyl groups is 1. The molecule has 0 spiro atoms. The van der Waals surface area contributed by atoms with Crippen molar-refractivity contribution in [3.63, 3.8) is 0 Å². The number of hydrogen-bond donors (Lipinski definition) is 2. The van der Waals surface area contributed by atoms with Crippen LogP contribution < -0.4 is 4.72 Å². The smallest absolute Gasteiger partial charge is 0.279 e. The number of rotatable bonds is 8. The topological polar surface area (TPSA) is 69.6 Å². The standard InChI is InChI=1S/C13H28N2O3S/c1-12(2)10-13(6-9-16)11-14-19(17,18)15-7-4-3-5-8-15/h12-14,16H,3-11H2,1-2H3. The molecule has 0 amide bonds. The second-order valence-corrected chi connectivity index (χ2v) is 7.58. The zero-order valence-corrected chi connectivity index (χ0v) is 13.0. The van der Waals surface area contributed by atoms with E-state index in [1.54, 1.807) is 4.31 Å². The Bertz CT molecular complexity index is 338.